The van der Waals surface area contributed by atoms with Crippen molar-refractivity contribution in [2.75, 3.05) is 13.2 Å². The summed E-state index contributed by atoms with van der Waals surface area (Å²) in [4.78, 5) is 0. The number of ether oxygens (including phenoxy) is 2. The third-order valence-corrected chi connectivity index (χ3v) is 3.12. The highest BCUT2D eigenvalue weighted by Gasteiger charge is 2.29. The summed E-state index contributed by atoms with van der Waals surface area (Å²) in [5.74, 6) is -0.329. The molecule has 0 unspecified atom stereocenters. The van der Waals surface area contributed by atoms with Gasteiger partial charge in [0.2, 0.25) is 0 Å². The van der Waals surface area contributed by atoms with Crippen LogP contribution in [0.2, 0.25) is 0 Å². The quantitative estimate of drug-likeness (QED) is 0.776. The molecule has 2 nitrogen and oxygen atoms in total. The molecule has 16 heavy (non-hydrogen) atoms. The zero-order valence-electron chi connectivity index (χ0n) is 10.2. The molecular weight excluding hydrogens is 200 g/mol. The van der Waals surface area contributed by atoms with Crippen molar-refractivity contribution in [1.82, 2.24) is 0 Å². The summed E-state index contributed by atoms with van der Waals surface area (Å²) in [6.07, 6.45) is 3.18. The van der Waals surface area contributed by atoms with Gasteiger partial charge in [-0.1, -0.05) is 29.8 Å². The molecule has 1 aromatic carbocycles. The Labute approximate surface area is 97.6 Å². The molecule has 0 radical (unpaired) electrons. The van der Waals surface area contributed by atoms with E-state index in [1.807, 2.05) is 6.92 Å². The molecule has 0 N–H and O–H groups in total. The number of hydrogen-bond donors (Lipinski definition) is 0. The van der Waals surface area contributed by atoms with Gasteiger partial charge in [0, 0.05) is 6.42 Å². The predicted octanol–water partition coefficient (Wildman–Crippen LogP) is 3.08. The Morgan fingerprint density at radius 1 is 1.12 bits per heavy atom. The van der Waals surface area contributed by atoms with Crippen LogP contribution in [0.3, 0.4) is 0 Å². The first-order valence-electron chi connectivity index (χ1n) is 6.01. The molecule has 0 bridgehead atoms. The Balaban J connectivity index is 1.77. The maximum Gasteiger partial charge on any atom is 0.165 e. The minimum absolute atomic E-state index is 0.329. The Morgan fingerprint density at radius 2 is 1.75 bits per heavy atom. The first-order valence-corrected chi connectivity index (χ1v) is 6.01. The van der Waals surface area contributed by atoms with Gasteiger partial charge in [0.25, 0.3) is 0 Å². The highest BCUT2D eigenvalue weighted by molar-refractivity contribution is 5.21. The van der Waals surface area contributed by atoms with Crippen LogP contribution < -0.4 is 0 Å². The van der Waals surface area contributed by atoms with E-state index in [9.17, 15) is 0 Å². The van der Waals surface area contributed by atoms with Crippen molar-refractivity contribution >= 4 is 0 Å². The molecule has 88 valence electrons. The second-order valence-electron chi connectivity index (χ2n) is 4.67. The van der Waals surface area contributed by atoms with Crippen LogP contribution in [0.4, 0.5) is 0 Å². The predicted molar refractivity (Wildman–Crippen MR) is 64.4 cm³/mol. The van der Waals surface area contributed by atoms with Crippen molar-refractivity contribution in [2.45, 2.75) is 38.9 Å². The lowest BCUT2D eigenvalue weighted by molar-refractivity contribution is -0.147. The van der Waals surface area contributed by atoms with E-state index in [0.29, 0.717) is 0 Å². The van der Waals surface area contributed by atoms with Crippen molar-refractivity contribution in [3.8, 4) is 0 Å². The van der Waals surface area contributed by atoms with Crippen LogP contribution in [-0.4, -0.2) is 19.0 Å². The summed E-state index contributed by atoms with van der Waals surface area (Å²) in [5, 5.41) is 0. The van der Waals surface area contributed by atoms with Crippen molar-refractivity contribution in [3.63, 3.8) is 0 Å². The van der Waals surface area contributed by atoms with Crippen LogP contribution in [0.25, 0.3) is 0 Å². The molecule has 1 aromatic rings. The molecule has 0 aliphatic carbocycles. The molecule has 1 aliphatic rings. The molecule has 2 heteroatoms. The van der Waals surface area contributed by atoms with E-state index in [4.69, 9.17) is 9.47 Å². The van der Waals surface area contributed by atoms with Crippen LogP contribution in [0, 0.1) is 6.92 Å². The van der Waals surface area contributed by atoms with Gasteiger partial charge in [-0.05, 0) is 32.3 Å². The van der Waals surface area contributed by atoms with Crippen LogP contribution in [-0.2, 0) is 15.9 Å². The Hall–Kier alpha value is -0.860. The smallest absolute Gasteiger partial charge is 0.165 e. The Morgan fingerprint density at radius 3 is 2.38 bits per heavy atom. The van der Waals surface area contributed by atoms with Crippen LogP contribution in [0.5, 0.6) is 0 Å². The van der Waals surface area contributed by atoms with Gasteiger partial charge in [0.15, 0.2) is 5.79 Å². The summed E-state index contributed by atoms with van der Waals surface area (Å²) in [5.41, 5.74) is 2.71. The lowest BCUT2D eigenvalue weighted by atomic mass is 10.0. The average Bonchev–Trinajstić information content (AvgIpc) is 2.69. The fourth-order valence-electron chi connectivity index (χ4n) is 2.07. The molecule has 0 aromatic heterocycles. The highest BCUT2D eigenvalue weighted by atomic mass is 16.7. The minimum atomic E-state index is -0.329. The molecule has 0 amide bonds. The Kier molecular flexibility index (Phi) is 3.62. The zero-order chi connectivity index (χ0) is 11.4. The van der Waals surface area contributed by atoms with Gasteiger partial charge in [0.1, 0.15) is 0 Å². The van der Waals surface area contributed by atoms with Crippen molar-refractivity contribution < 1.29 is 9.47 Å². The minimum Gasteiger partial charge on any atom is -0.348 e. The largest absolute Gasteiger partial charge is 0.348 e. The summed E-state index contributed by atoms with van der Waals surface area (Å²) in [6.45, 7) is 5.63. The van der Waals surface area contributed by atoms with E-state index in [1.54, 1.807) is 0 Å². The molecule has 0 spiro atoms. The topological polar surface area (TPSA) is 18.5 Å². The van der Waals surface area contributed by atoms with E-state index in [1.165, 1.54) is 11.1 Å². The van der Waals surface area contributed by atoms with Crippen molar-refractivity contribution in [1.29, 1.82) is 0 Å². The highest BCUT2D eigenvalue weighted by Crippen LogP contribution is 2.24. The Bertz CT molecular complexity index is 323. The first kappa shape index (κ1) is 11.6. The fourth-order valence-corrected chi connectivity index (χ4v) is 2.07. The van der Waals surface area contributed by atoms with Gasteiger partial charge in [-0.25, -0.2) is 0 Å². The van der Waals surface area contributed by atoms with E-state index in [0.717, 1.165) is 32.5 Å². The molecule has 1 heterocycles. The number of rotatable bonds is 4. The summed E-state index contributed by atoms with van der Waals surface area (Å²) in [6, 6.07) is 8.74. The molecular formula is C14H20O2. The lowest BCUT2D eigenvalue weighted by Crippen LogP contribution is -2.25. The standard InChI is InChI=1S/C14H20O2/c1-12-5-7-13(8-6-12)4-3-9-14(2)15-10-11-16-14/h5-8H,3-4,9-11H2,1-2H3. The van der Waals surface area contributed by atoms with Crippen LogP contribution >= 0.6 is 0 Å². The molecule has 2 rings (SSSR count). The normalized spacial score (nSPS) is 18.9. The molecule has 1 saturated heterocycles. The summed E-state index contributed by atoms with van der Waals surface area (Å²) in [7, 11) is 0. The van der Waals surface area contributed by atoms with Crippen LogP contribution in [0.15, 0.2) is 24.3 Å². The first-order chi connectivity index (χ1) is 7.68. The van der Waals surface area contributed by atoms with Crippen LogP contribution in [0.1, 0.15) is 30.9 Å². The second kappa shape index (κ2) is 4.98. The second-order valence-corrected chi connectivity index (χ2v) is 4.67. The molecule has 0 atom stereocenters. The van der Waals surface area contributed by atoms with Gasteiger partial charge in [0.05, 0.1) is 13.2 Å². The van der Waals surface area contributed by atoms with E-state index in [-0.39, 0.29) is 5.79 Å². The summed E-state index contributed by atoms with van der Waals surface area (Å²) >= 11 is 0. The van der Waals surface area contributed by atoms with E-state index in [2.05, 4.69) is 31.2 Å². The van der Waals surface area contributed by atoms with Gasteiger partial charge in [-0.15, -0.1) is 0 Å². The monoisotopic (exact) mass is 220 g/mol. The van der Waals surface area contributed by atoms with Crippen molar-refractivity contribution in [3.05, 3.63) is 35.4 Å². The van der Waals surface area contributed by atoms with Gasteiger partial charge >= 0.3 is 0 Å². The molecule has 0 saturated carbocycles. The third kappa shape index (κ3) is 3.06. The maximum atomic E-state index is 5.58. The zero-order valence-corrected chi connectivity index (χ0v) is 10.2. The maximum absolute atomic E-state index is 5.58. The van der Waals surface area contributed by atoms with E-state index < -0.39 is 0 Å². The SMILES string of the molecule is Cc1ccc(CCCC2(C)OCCO2)cc1. The average molecular weight is 220 g/mol. The van der Waals surface area contributed by atoms with E-state index >= 15 is 0 Å². The van der Waals surface area contributed by atoms with Crippen molar-refractivity contribution in [2.24, 2.45) is 0 Å². The van der Waals surface area contributed by atoms with Gasteiger partial charge < -0.3 is 9.47 Å². The summed E-state index contributed by atoms with van der Waals surface area (Å²) < 4.78 is 11.2. The number of hydrogen-bond acceptors (Lipinski definition) is 2. The molecule has 1 aliphatic heterocycles. The van der Waals surface area contributed by atoms with Gasteiger partial charge in [-0.2, -0.15) is 0 Å². The third-order valence-electron chi connectivity index (χ3n) is 3.12. The fraction of sp³-hybridized carbons (Fsp3) is 0.571. The molecule has 1 fully saturated rings. The van der Waals surface area contributed by atoms with Gasteiger partial charge in [-0.3, -0.25) is 0 Å². The lowest BCUT2D eigenvalue weighted by Gasteiger charge is -2.21. The number of aryl methyl sites for hydroxylation is 2. The number of benzene rings is 1.